The van der Waals surface area contributed by atoms with Crippen LogP contribution in [0.4, 0.5) is 0 Å². The number of phenolic OH excluding ortho intramolecular Hbond substituents is 1. The van der Waals surface area contributed by atoms with Gasteiger partial charge >= 0.3 is 0 Å². The molecule has 19 heavy (non-hydrogen) atoms. The van der Waals surface area contributed by atoms with Crippen molar-refractivity contribution in [3.8, 4) is 5.75 Å². The minimum Gasteiger partial charge on any atom is -0.508 e. The molecule has 4 heteroatoms. The lowest BCUT2D eigenvalue weighted by Crippen LogP contribution is -2.37. The maximum Gasteiger partial charge on any atom is 0.253 e. The zero-order valence-corrected chi connectivity index (χ0v) is 11.6. The van der Waals surface area contributed by atoms with Gasteiger partial charge in [-0.25, -0.2) is 0 Å². The Morgan fingerprint density at radius 3 is 2.74 bits per heavy atom. The number of aryl methyl sites for hydroxylation is 1. The van der Waals surface area contributed by atoms with Crippen LogP contribution in [0.15, 0.2) is 18.2 Å². The van der Waals surface area contributed by atoms with Crippen LogP contribution in [0.2, 0.25) is 0 Å². The number of carbonyl (C=O) groups excluding carboxylic acids is 1. The lowest BCUT2D eigenvalue weighted by Gasteiger charge is -2.27. The molecule has 0 unspecified atom stereocenters. The standard InChI is InChI=1S/C15H22N2O2/c1-11-9-13(3-4-14(11)18)15(19)17(2)10-12-5-7-16-8-6-12/h3-4,9,12,16,18H,5-8,10H2,1-2H3. The maximum atomic E-state index is 12.3. The van der Waals surface area contributed by atoms with Crippen LogP contribution in [0.1, 0.15) is 28.8 Å². The fraction of sp³-hybridized carbons (Fsp3) is 0.533. The monoisotopic (exact) mass is 262 g/mol. The number of phenols is 1. The summed E-state index contributed by atoms with van der Waals surface area (Å²) in [6, 6.07) is 5.02. The molecule has 1 aromatic carbocycles. The summed E-state index contributed by atoms with van der Waals surface area (Å²) in [7, 11) is 1.85. The minimum atomic E-state index is 0.0293. The number of amides is 1. The molecule has 2 N–H and O–H groups in total. The molecule has 0 saturated carbocycles. The fourth-order valence-electron chi connectivity index (χ4n) is 2.54. The third-order valence-electron chi connectivity index (χ3n) is 3.78. The molecule has 1 aromatic rings. The van der Waals surface area contributed by atoms with E-state index < -0.39 is 0 Å². The average Bonchev–Trinajstić information content (AvgIpc) is 2.42. The molecule has 1 aliphatic heterocycles. The van der Waals surface area contributed by atoms with Crippen LogP contribution < -0.4 is 5.32 Å². The number of nitrogens with zero attached hydrogens (tertiary/aromatic N) is 1. The van der Waals surface area contributed by atoms with Crippen molar-refractivity contribution >= 4 is 5.91 Å². The quantitative estimate of drug-likeness (QED) is 0.873. The molecule has 1 amide bonds. The van der Waals surface area contributed by atoms with Crippen molar-refractivity contribution in [1.82, 2.24) is 10.2 Å². The summed E-state index contributed by atoms with van der Waals surface area (Å²) in [4.78, 5) is 14.1. The van der Waals surface area contributed by atoms with Crippen molar-refractivity contribution in [2.75, 3.05) is 26.7 Å². The lowest BCUT2D eigenvalue weighted by atomic mass is 9.97. The van der Waals surface area contributed by atoms with Gasteiger partial charge in [0.15, 0.2) is 0 Å². The second-order valence-electron chi connectivity index (χ2n) is 5.38. The molecule has 104 valence electrons. The van der Waals surface area contributed by atoms with Gasteiger partial charge in [0.25, 0.3) is 5.91 Å². The van der Waals surface area contributed by atoms with Gasteiger partial charge in [-0.15, -0.1) is 0 Å². The molecule has 0 radical (unpaired) electrons. The Morgan fingerprint density at radius 1 is 1.42 bits per heavy atom. The number of hydrogen-bond donors (Lipinski definition) is 2. The summed E-state index contributed by atoms with van der Waals surface area (Å²) in [6.45, 7) is 4.70. The van der Waals surface area contributed by atoms with Crippen LogP contribution in [0.5, 0.6) is 5.75 Å². The second kappa shape index (κ2) is 6.06. The van der Waals surface area contributed by atoms with Crippen molar-refractivity contribution < 1.29 is 9.90 Å². The summed E-state index contributed by atoms with van der Waals surface area (Å²) in [5.41, 5.74) is 1.38. The first-order valence-corrected chi connectivity index (χ1v) is 6.83. The van der Waals surface area contributed by atoms with E-state index in [1.165, 1.54) is 0 Å². The molecule has 1 saturated heterocycles. The van der Waals surface area contributed by atoms with E-state index in [1.807, 2.05) is 7.05 Å². The number of carbonyl (C=O) groups is 1. The first kappa shape index (κ1) is 13.9. The van der Waals surface area contributed by atoms with Crippen LogP contribution in [0.25, 0.3) is 0 Å². The van der Waals surface area contributed by atoms with Gasteiger partial charge in [-0.1, -0.05) is 0 Å². The summed E-state index contributed by atoms with van der Waals surface area (Å²) >= 11 is 0. The molecule has 4 nitrogen and oxygen atoms in total. The van der Waals surface area contributed by atoms with Crippen LogP contribution in [-0.4, -0.2) is 42.6 Å². The summed E-state index contributed by atoms with van der Waals surface area (Å²) < 4.78 is 0. The number of aromatic hydroxyl groups is 1. The Kier molecular flexibility index (Phi) is 4.43. The maximum absolute atomic E-state index is 12.3. The number of rotatable bonds is 3. The van der Waals surface area contributed by atoms with Gasteiger partial charge in [0.2, 0.25) is 0 Å². The molecule has 0 bridgehead atoms. The smallest absolute Gasteiger partial charge is 0.253 e. The Morgan fingerprint density at radius 2 is 2.11 bits per heavy atom. The largest absolute Gasteiger partial charge is 0.508 e. The molecule has 0 spiro atoms. The van der Waals surface area contributed by atoms with Crippen molar-refractivity contribution in [3.05, 3.63) is 29.3 Å². The summed E-state index contributed by atoms with van der Waals surface area (Å²) in [6.07, 6.45) is 2.26. The van der Waals surface area contributed by atoms with E-state index in [0.717, 1.165) is 38.0 Å². The zero-order valence-electron chi connectivity index (χ0n) is 11.6. The normalized spacial score (nSPS) is 16.3. The molecule has 0 atom stereocenters. The Bertz CT molecular complexity index is 453. The minimum absolute atomic E-state index is 0.0293. The van der Waals surface area contributed by atoms with Gasteiger partial charge in [-0.3, -0.25) is 4.79 Å². The van der Waals surface area contributed by atoms with Crippen LogP contribution >= 0.6 is 0 Å². The predicted octanol–water partition coefficient (Wildman–Crippen LogP) is 1.77. The fourth-order valence-corrected chi connectivity index (χ4v) is 2.54. The average molecular weight is 262 g/mol. The van der Waals surface area contributed by atoms with E-state index in [0.29, 0.717) is 11.5 Å². The third kappa shape index (κ3) is 3.47. The highest BCUT2D eigenvalue weighted by atomic mass is 16.3. The molecule has 0 aromatic heterocycles. The van der Waals surface area contributed by atoms with Crippen molar-refractivity contribution in [1.29, 1.82) is 0 Å². The molecule has 1 fully saturated rings. The molecular formula is C15H22N2O2. The second-order valence-corrected chi connectivity index (χ2v) is 5.38. The Hall–Kier alpha value is -1.55. The van der Waals surface area contributed by atoms with Gasteiger partial charge in [0.1, 0.15) is 5.75 Å². The van der Waals surface area contributed by atoms with E-state index in [4.69, 9.17) is 0 Å². The van der Waals surface area contributed by atoms with Crippen LogP contribution in [0.3, 0.4) is 0 Å². The van der Waals surface area contributed by atoms with E-state index in [9.17, 15) is 9.90 Å². The van der Waals surface area contributed by atoms with Gasteiger partial charge < -0.3 is 15.3 Å². The molecule has 0 aliphatic carbocycles. The first-order valence-electron chi connectivity index (χ1n) is 6.83. The van der Waals surface area contributed by atoms with E-state index in [-0.39, 0.29) is 11.7 Å². The van der Waals surface area contributed by atoms with E-state index >= 15 is 0 Å². The van der Waals surface area contributed by atoms with Crippen LogP contribution in [-0.2, 0) is 0 Å². The van der Waals surface area contributed by atoms with Crippen LogP contribution in [0, 0.1) is 12.8 Å². The van der Waals surface area contributed by atoms with E-state index in [2.05, 4.69) is 5.32 Å². The number of piperidine rings is 1. The van der Waals surface area contributed by atoms with Gasteiger partial charge in [0, 0.05) is 19.2 Å². The highest BCUT2D eigenvalue weighted by Gasteiger charge is 2.19. The van der Waals surface area contributed by atoms with Crippen molar-refractivity contribution in [2.24, 2.45) is 5.92 Å². The molecular weight excluding hydrogens is 240 g/mol. The molecule has 1 heterocycles. The SMILES string of the molecule is Cc1cc(C(=O)N(C)CC2CCNCC2)ccc1O. The lowest BCUT2D eigenvalue weighted by molar-refractivity contribution is 0.0762. The Balaban J connectivity index is 1.99. The number of benzene rings is 1. The Labute approximate surface area is 114 Å². The highest BCUT2D eigenvalue weighted by Crippen LogP contribution is 2.19. The van der Waals surface area contributed by atoms with Crippen molar-refractivity contribution in [2.45, 2.75) is 19.8 Å². The van der Waals surface area contributed by atoms with E-state index in [1.54, 1.807) is 30.0 Å². The topological polar surface area (TPSA) is 52.6 Å². The first-order chi connectivity index (χ1) is 9.08. The van der Waals surface area contributed by atoms with Gasteiger partial charge in [-0.2, -0.15) is 0 Å². The van der Waals surface area contributed by atoms with Gasteiger partial charge in [-0.05, 0) is 62.5 Å². The highest BCUT2D eigenvalue weighted by molar-refractivity contribution is 5.94. The summed E-state index contributed by atoms with van der Waals surface area (Å²) in [5.74, 6) is 0.854. The molecule has 1 aliphatic rings. The summed E-state index contributed by atoms with van der Waals surface area (Å²) in [5, 5.41) is 12.8. The zero-order chi connectivity index (χ0) is 13.8. The third-order valence-corrected chi connectivity index (χ3v) is 3.78. The molecule has 2 rings (SSSR count). The van der Waals surface area contributed by atoms with Gasteiger partial charge in [0.05, 0.1) is 0 Å². The van der Waals surface area contributed by atoms with Crippen molar-refractivity contribution in [3.63, 3.8) is 0 Å². The number of hydrogen-bond acceptors (Lipinski definition) is 3. The predicted molar refractivity (Wildman–Crippen MR) is 75.4 cm³/mol. The number of nitrogens with one attached hydrogen (secondary N) is 1.